The highest BCUT2D eigenvalue weighted by Gasteiger charge is 2.31. The fraction of sp³-hybridized carbons (Fsp3) is 0.368. The zero-order valence-electron chi connectivity index (χ0n) is 14.8. The maximum Gasteiger partial charge on any atom is 0.312 e. The van der Waals surface area contributed by atoms with E-state index in [2.05, 4.69) is 10.3 Å². The molecule has 1 saturated heterocycles. The second kappa shape index (κ2) is 7.48. The van der Waals surface area contributed by atoms with Crippen LogP contribution in [0.5, 0.6) is 0 Å². The van der Waals surface area contributed by atoms with E-state index in [4.69, 9.17) is 0 Å². The molecule has 1 N–H and O–H groups in total. The topological polar surface area (TPSA) is 82.6 Å². The molecule has 8 heteroatoms. The molecule has 1 aliphatic carbocycles. The van der Waals surface area contributed by atoms with Crippen LogP contribution >= 0.6 is 11.3 Å². The molecule has 0 radical (unpaired) electrons. The Hall–Kier alpha value is -2.74. The van der Waals surface area contributed by atoms with Crippen LogP contribution < -0.4 is 5.32 Å². The van der Waals surface area contributed by atoms with Crippen molar-refractivity contribution in [2.75, 3.05) is 26.2 Å². The zero-order chi connectivity index (χ0) is 18.8. The molecule has 1 aromatic carbocycles. The van der Waals surface area contributed by atoms with Crippen LogP contribution in [0.1, 0.15) is 17.8 Å². The van der Waals surface area contributed by atoms with Gasteiger partial charge in [0.1, 0.15) is 5.01 Å². The van der Waals surface area contributed by atoms with E-state index in [1.54, 1.807) is 11.0 Å². The third kappa shape index (κ3) is 4.16. The van der Waals surface area contributed by atoms with Crippen LogP contribution in [0.15, 0.2) is 30.3 Å². The first kappa shape index (κ1) is 17.7. The van der Waals surface area contributed by atoms with Gasteiger partial charge in [0.25, 0.3) is 0 Å². The summed E-state index contributed by atoms with van der Waals surface area (Å²) in [5.41, 5.74) is 0.922. The summed E-state index contributed by atoms with van der Waals surface area (Å²) in [6, 6.07) is 8.01. The minimum Gasteiger partial charge on any atom is -0.345 e. The molecule has 3 amide bonds. The minimum atomic E-state index is -0.534. The van der Waals surface area contributed by atoms with E-state index < -0.39 is 11.8 Å². The highest BCUT2D eigenvalue weighted by molar-refractivity contribution is 7.19. The van der Waals surface area contributed by atoms with Crippen molar-refractivity contribution < 1.29 is 14.4 Å². The quantitative estimate of drug-likeness (QED) is 0.638. The summed E-state index contributed by atoms with van der Waals surface area (Å²) in [7, 11) is 0. The lowest BCUT2D eigenvalue weighted by atomic mass is 10.3. The largest absolute Gasteiger partial charge is 0.345 e. The molecule has 2 aliphatic rings. The molecule has 2 fully saturated rings. The van der Waals surface area contributed by atoms with Crippen molar-refractivity contribution in [3.63, 3.8) is 0 Å². The number of aromatic nitrogens is 1. The SMILES string of the molecule is O=C(NC1CC1)C(=O)N1CCN(C(=O)C=Cc2nc3ccccc3s2)CC1. The van der Waals surface area contributed by atoms with E-state index in [1.807, 2.05) is 24.3 Å². The molecule has 1 aliphatic heterocycles. The summed E-state index contributed by atoms with van der Waals surface area (Å²) in [4.78, 5) is 44.0. The van der Waals surface area contributed by atoms with Crippen molar-refractivity contribution in [3.8, 4) is 0 Å². The highest BCUT2D eigenvalue weighted by Crippen LogP contribution is 2.22. The van der Waals surface area contributed by atoms with Gasteiger partial charge >= 0.3 is 11.8 Å². The number of thiazole rings is 1. The van der Waals surface area contributed by atoms with Gasteiger partial charge < -0.3 is 15.1 Å². The van der Waals surface area contributed by atoms with Gasteiger partial charge in [-0.05, 0) is 31.1 Å². The van der Waals surface area contributed by atoms with Crippen LogP contribution in [0.25, 0.3) is 16.3 Å². The average Bonchev–Trinajstić information content (AvgIpc) is 3.41. The molecular weight excluding hydrogens is 364 g/mol. The number of hydrogen-bond donors (Lipinski definition) is 1. The number of piperazine rings is 1. The van der Waals surface area contributed by atoms with Crippen molar-refractivity contribution in [2.45, 2.75) is 18.9 Å². The Morgan fingerprint density at radius 3 is 2.48 bits per heavy atom. The number of para-hydroxylation sites is 1. The van der Waals surface area contributed by atoms with Gasteiger partial charge in [-0.1, -0.05) is 12.1 Å². The molecule has 140 valence electrons. The van der Waals surface area contributed by atoms with Crippen LogP contribution in [-0.2, 0) is 14.4 Å². The fourth-order valence-corrected chi connectivity index (χ4v) is 3.83. The van der Waals surface area contributed by atoms with E-state index in [-0.39, 0.29) is 11.9 Å². The van der Waals surface area contributed by atoms with Crippen molar-refractivity contribution in [1.29, 1.82) is 0 Å². The summed E-state index contributed by atoms with van der Waals surface area (Å²) in [6.45, 7) is 1.59. The Labute approximate surface area is 160 Å². The van der Waals surface area contributed by atoms with Crippen LogP contribution in [0.3, 0.4) is 0 Å². The van der Waals surface area contributed by atoms with Crippen LogP contribution in [0.2, 0.25) is 0 Å². The molecule has 0 spiro atoms. The Bertz CT molecular complexity index is 878. The van der Waals surface area contributed by atoms with Crippen molar-refractivity contribution in [2.24, 2.45) is 0 Å². The zero-order valence-corrected chi connectivity index (χ0v) is 15.6. The first-order chi connectivity index (χ1) is 13.1. The van der Waals surface area contributed by atoms with Gasteiger partial charge in [-0.25, -0.2) is 4.98 Å². The first-order valence-corrected chi connectivity index (χ1v) is 9.84. The Morgan fingerprint density at radius 2 is 1.78 bits per heavy atom. The Morgan fingerprint density at radius 1 is 1.07 bits per heavy atom. The van der Waals surface area contributed by atoms with E-state index in [0.29, 0.717) is 26.2 Å². The van der Waals surface area contributed by atoms with Crippen molar-refractivity contribution in [3.05, 3.63) is 35.3 Å². The molecule has 27 heavy (non-hydrogen) atoms. The molecule has 2 aromatic rings. The number of rotatable bonds is 3. The van der Waals surface area contributed by atoms with Gasteiger partial charge in [0.15, 0.2) is 0 Å². The molecule has 1 saturated carbocycles. The smallest absolute Gasteiger partial charge is 0.312 e. The van der Waals surface area contributed by atoms with Crippen molar-refractivity contribution in [1.82, 2.24) is 20.1 Å². The van der Waals surface area contributed by atoms with Crippen LogP contribution in [0, 0.1) is 0 Å². The van der Waals surface area contributed by atoms with E-state index in [0.717, 1.165) is 28.1 Å². The second-order valence-corrected chi connectivity index (χ2v) is 7.78. The fourth-order valence-electron chi connectivity index (χ4n) is 2.96. The third-order valence-corrected chi connectivity index (χ3v) is 5.67. The maximum absolute atomic E-state index is 12.4. The van der Waals surface area contributed by atoms with Gasteiger partial charge in [-0.3, -0.25) is 14.4 Å². The third-order valence-electron chi connectivity index (χ3n) is 4.66. The monoisotopic (exact) mass is 384 g/mol. The number of nitrogens with one attached hydrogen (secondary N) is 1. The number of fused-ring (bicyclic) bond motifs is 1. The normalized spacial score (nSPS) is 17.5. The molecule has 0 unspecified atom stereocenters. The van der Waals surface area contributed by atoms with Gasteiger partial charge in [-0.15, -0.1) is 11.3 Å². The number of carbonyl (C=O) groups excluding carboxylic acids is 3. The van der Waals surface area contributed by atoms with Crippen LogP contribution in [0.4, 0.5) is 0 Å². The lowest BCUT2D eigenvalue weighted by molar-refractivity contribution is -0.148. The van der Waals surface area contributed by atoms with E-state index in [1.165, 1.54) is 22.3 Å². The summed E-state index contributed by atoms with van der Waals surface area (Å²) in [6.07, 6.45) is 5.15. The predicted molar refractivity (Wildman–Crippen MR) is 103 cm³/mol. The number of carbonyl (C=O) groups is 3. The standard InChI is InChI=1S/C19H20N4O3S/c24-17(8-7-16-21-14-3-1-2-4-15(14)27-16)22-9-11-23(12-10-22)19(26)18(25)20-13-5-6-13/h1-4,7-8,13H,5-6,9-12H2,(H,20,25). The molecule has 4 rings (SSSR count). The number of amides is 3. The molecule has 2 heterocycles. The second-order valence-electron chi connectivity index (χ2n) is 6.72. The minimum absolute atomic E-state index is 0.108. The lowest BCUT2D eigenvalue weighted by Crippen LogP contribution is -2.53. The van der Waals surface area contributed by atoms with Gasteiger partial charge in [0, 0.05) is 38.3 Å². The number of benzene rings is 1. The number of nitrogens with zero attached hydrogens (tertiary/aromatic N) is 3. The molecular formula is C19H20N4O3S. The van der Waals surface area contributed by atoms with E-state index >= 15 is 0 Å². The van der Waals surface area contributed by atoms with Gasteiger partial charge in [-0.2, -0.15) is 0 Å². The van der Waals surface area contributed by atoms with Crippen molar-refractivity contribution >= 4 is 45.4 Å². The predicted octanol–water partition coefficient (Wildman–Crippen LogP) is 1.26. The average molecular weight is 384 g/mol. The van der Waals surface area contributed by atoms with E-state index in [9.17, 15) is 14.4 Å². The van der Waals surface area contributed by atoms with Gasteiger partial charge in [0.05, 0.1) is 10.2 Å². The highest BCUT2D eigenvalue weighted by atomic mass is 32.1. The first-order valence-electron chi connectivity index (χ1n) is 9.02. The summed E-state index contributed by atoms with van der Waals surface area (Å²) in [5.74, 6) is -1.14. The molecule has 7 nitrogen and oxygen atoms in total. The Balaban J connectivity index is 1.30. The summed E-state index contributed by atoms with van der Waals surface area (Å²) in [5, 5.41) is 3.49. The van der Waals surface area contributed by atoms with Crippen LogP contribution in [-0.4, -0.2) is 64.7 Å². The lowest BCUT2D eigenvalue weighted by Gasteiger charge is -2.33. The molecule has 1 aromatic heterocycles. The Kier molecular flexibility index (Phi) is 4.89. The molecule has 0 atom stereocenters. The summed E-state index contributed by atoms with van der Waals surface area (Å²) >= 11 is 1.54. The van der Waals surface area contributed by atoms with Gasteiger partial charge in [0.2, 0.25) is 5.91 Å². The maximum atomic E-state index is 12.4. The number of hydrogen-bond acceptors (Lipinski definition) is 5. The summed E-state index contributed by atoms with van der Waals surface area (Å²) < 4.78 is 1.08. The molecule has 0 bridgehead atoms.